The van der Waals surface area contributed by atoms with Crippen LogP contribution in [0.15, 0.2) is 36.5 Å². The second kappa shape index (κ2) is 8.33. The molecule has 2 aromatic rings. The van der Waals surface area contributed by atoms with Gasteiger partial charge in [0.25, 0.3) is 5.91 Å². The average Bonchev–Trinajstić information content (AvgIpc) is 2.93. The van der Waals surface area contributed by atoms with Gasteiger partial charge < -0.3 is 14.4 Å². The van der Waals surface area contributed by atoms with Crippen LogP contribution in [0.3, 0.4) is 0 Å². The summed E-state index contributed by atoms with van der Waals surface area (Å²) in [6.07, 6.45) is 2.76. The van der Waals surface area contributed by atoms with Gasteiger partial charge in [0.15, 0.2) is 0 Å². The summed E-state index contributed by atoms with van der Waals surface area (Å²) in [6.45, 7) is 5.56. The Morgan fingerprint density at radius 1 is 1.33 bits per heavy atom. The highest BCUT2D eigenvalue weighted by molar-refractivity contribution is 5.98. The van der Waals surface area contributed by atoms with Crippen molar-refractivity contribution in [3.05, 3.63) is 42.1 Å². The molecule has 0 radical (unpaired) electrons. The molecule has 0 spiro atoms. The maximum Gasteiger partial charge on any atom is 0.253 e. The molecule has 6 heteroatoms. The van der Waals surface area contributed by atoms with E-state index in [4.69, 9.17) is 9.47 Å². The lowest BCUT2D eigenvalue weighted by Crippen LogP contribution is -2.55. The van der Waals surface area contributed by atoms with Crippen LogP contribution in [0, 0.1) is 5.92 Å². The first-order valence-corrected chi connectivity index (χ1v) is 9.71. The van der Waals surface area contributed by atoms with E-state index in [1.54, 1.807) is 13.3 Å². The van der Waals surface area contributed by atoms with E-state index in [-0.39, 0.29) is 5.91 Å². The fourth-order valence-corrected chi connectivity index (χ4v) is 4.23. The van der Waals surface area contributed by atoms with Gasteiger partial charge in [-0.2, -0.15) is 0 Å². The number of ether oxygens (including phenoxy) is 2. The molecule has 1 aromatic carbocycles. The third-order valence-corrected chi connectivity index (χ3v) is 5.76. The molecule has 1 amide bonds. The second-order valence-corrected chi connectivity index (χ2v) is 7.38. The highest BCUT2D eigenvalue weighted by Crippen LogP contribution is 2.26. The Bertz CT molecular complexity index is 797. The number of benzene rings is 1. The first-order valence-electron chi connectivity index (χ1n) is 9.71. The lowest BCUT2D eigenvalue weighted by atomic mass is 9.90. The maximum atomic E-state index is 13.2. The first-order chi connectivity index (χ1) is 13.3. The van der Waals surface area contributed by atoms with Crippen LogP contribution in [-0.4, -0.2) is 79.8 Å². The van der Waals surface area contributed by atoms with Gasteiger partial charge in [0.2, 0.25) is 0 Å². The van der Waals surface area contributed by atoms with Gasteiger partial charge in [-0.25, -0.2) is 0 Å². The average molecular weight is 369 g/mol. The van der Waals surface area contributed by atoms with Crippen molar-refractivity contribution >= 4 is 16.8 Å². The van der Waals surface area contributed by atoms with E-state index in [1.165, 1.54) is 0 Å². The number of rotatable bonds is 4. The topological polar surface area (TPSA) is 54.9 Å². The second-order valence-electron chi connectivity index (χ2n) is 7.38. The molecule has 0 saturated carbocycles. The lowest BCUT2D eigenvalue weighted by molar-refractivity contribution is 0.0328. The fourth-order valence-electron chi connectivity index (χ4n) is 4.23. The monoisotopic (exact) mass is 369 g/mol. The summed E-state index contributed by atoms with van der Waals surface area (Å²) in [4.78, 5) is 21.9. The summed E-state index contributed by atoms with van der Waals surface area (Å²) in [5.74, 6) is 0.588. The maximum absolute atomic E-state index is 13.2. The number of nitrogens with zero attached hydrogens (tertiary/aromatic N) is 3. The molecule has 0 bridgehead atoms. The summed E-state index contributed by atoms with van der Waals surface area (Å²) >= 11 is 0. The van der Waals surface area contributed by atoms with Crippen LogP contribution >= 0.6 is 0 Å². The molecule has 2 saturated heterocycles. The molecule has 0 aliphatic carbocycles. The van der Waals surface area contributed by atoms with Crippen molar-refractivity contribution in [2.45, 2.75) is 12.5 Å². The minimum absolute atomic E-state index is 0.107. The third-order valence-electron chi connectivity index (χ3n) is 5.76. The number of amides is 1. The minimum atomic E-state index is 0.107. The first kappa shape index (κ1) is 18.3. The molecule has 0 unspecified atom stereocenters. The molecule has 2 fully saturated rings. The Balaban J connectivity index is 1.52. The minimum Gasteiger partial charge on any atom is -0.383 e. The van der Waals surface area contributed by atoms with Gasteiger partial charge in [0, 0.05) is 62.4 Å². The van der Waals surface area contributed by atoms with Gasteiger partial charge in [-0.15, -0.1) is 0 Å². The van der Waals surface area contributed by atoms with Gasteiger partial charge in [-0.3, -0.25) is 14.7 Å². The molecule has 4 rings (SSSR count). The van der Waals surface area contributed by atoms with Crippen LogP contribution in [0.1, 0.15) is 16.8 Å². The standard InChI is InChI=1S/C21H27N3O3/c1-26-11-9-23-10-12-27-15-18-6-8-24(14-20(18)23)21(25)17-4-5-19-16(13-17)3-2-7-22-19/h2-5,7,13,18,20H,6,8-12,14-15H2,1H3/t18-,20-/m1/s1. The molecule has 2 aliphatic heterocycles. The van der Waals surface area contributed by atoms with Gasteiger partial charge >= 0.3 is 0 Å². The van der Waals surface area contributed by atoms with E-state index in [0.29, 0.717) is 18.6 Å². The lowest BCUT2D eigenvalue weighted by Gasteiger charge is -2.42. The summed E-state index contributed by atoms with van der Waals surface area (Å²) in [7, 11) is 1.73. The summed E-state index contributed by atoms with van der Waals surface area (Å²) in [5.41, 5.74) is 1.65. The van der Waals surface area contributed by atoms with Crippen LogP contribution in [0.2, 0.25) is 0 Å². The molecule has 3 heterocycles. The number of fused-ring (bicyclic) bond motifs is 2. The van der Waals surface area contributed by atoms with Gasteiger partial charge in [-0.1, -0.05) is 6.07 Å². The van der Waals surface area contributed by atoms with Crippen LogP contribution in [-0.2, 0) is 9.47 Å². The predicted molar refractivity (Wildman–Crippen MR) is 104 cm³/mol. The molecule has 1 aromatic heterocycles. The van der Waals surface area contributed by atoms with E-state index < -0.39 is 0 Å². The van der Waals surface area contributed by atoms with Crippen LogP contribution in [0.4, 0.5) is 0 Å². The number of likely N-dealkylation sites (tertiary alicyclic amines) is 1. The molecule has 2 aliphatic rings. The van der Waals surface area contributed by atoms with E-state index in [0.717, 1.165) is 62.3 Å². The van der Waals surface area contributed by atoms with Gasteiger partial charge in [0.1, 0.15) is 0 Å². The summed E-state index contributed by atoms with van der Waals surface area (Å²) in [5, 5.41) is 1.00. The molecule has 6 nitrogen and oxygen atoms in total. The highest BCUT2D eigenvalue weighted by Gasteiger charge is 2.36. The number of methoxy groups -OCH3 is 1. The van der Waals surface area contributed by atoms with E-state index in [1.807, 2.05) is 35.2 Å². The van der Waals surface area contributed by atoms with Gasteiger partial charge in [-0.05, 0) is 30.7 Å². The van der Waals surface area contributed by atoms with Crippen molar-refractivity contribution in [1.82, 2.24) is 14.8 Å². The number of carbonyl (C=O) groups excluding carboxylic acids is 1. The number of aromatic nitrogens is 1. The van der Waals surface area contributed by atoms with E-state index >= 15 is 0 Å². The summed E-state index contributed by atoms with van der Waals surface area (Å²) < 4.78 is 11.1. The Morgan fingerprint density at radius 2 is 2.26 bits per heavy atom. The van der Waals surface area contributed by atoms with Crippen molar-refractivity contribution in [3.8, 4) is 0 Å². The molecule has 2 atom stereocenters. The Kier molecular flexibility index (Phi) is 5.66. The smallest absolute Gasteiger partial charge is 0.253 e. The van der Waals surface area contributed by atoms with Crippen molar-refractivity contribution in [1.29, 1.82) is 0 Å². The van der Waals surface area contributed by atoms with Crippen molar-refractivity contribution in [2.24, 2.45) is 5.92 Å². The predicted octanol–water partition coefficient (Wildman–Crippen LogP) is 2.04. The quantitative estimate of drug-likeness (QED) is 0.826. The van der Waals surface area contributed by atoms with Crippen molar-refractivity contribution in [3.63, 3.8) is 0 Å². The number of hydrogen-bond acceptors (Lipinski definition) is 5. The van der Waals surface area contributed by atoms with E-state index in [9.17, 15) is 4.79 Å². The van der Waals surface area contributed by atoms with Crippen LogP contribution in [0.5, 0.6) is 0 Å². The Hall–Kier alpha value is -2.02. The number of hydrogen-bond donors (Lipinski definition) is 0. The zero-order valence-electron chi connectivity index (χ0n) is 15.8. The van der Waals surface area contributed by atoms with Crippen molar-refractivity contribution < 1.29 is 14.3 Å². The summed E-state index contributed by atoms with van der Waals surface area (Å²) in [6, 6.07) is 10.0. The van der Waals surface area contributed by atoms with Crippen LogP contribution < -0.4 is 0 Å². The third kappa shape index (κ3) is 3.98. The SMILES string of the molecule is COCCN1CCOC[C@H]2CCN(C(=O)c3ccc4ncccc4c3)C[C@H]21. The number of piperidine rings is 1. The van der Waals surface area contributed by atoms with E-state index in [2.05, 4.69) is 9.88 Å². The van der Waals surface area contributed by atoms with Crippen LogP contribution in [0.25, 0.3) is 10.9 Å². The molecular weight excluding hydrogens is 342 g/mol. The zero-order valence-corrected chi connectivity index (χ0v) is 15.8. The molecule has 27 heavy (non-hydrogen) atoms. The fraction of sp³-hybridized carbons (Fsp3) is 0.524. The number of carbonyl (C=O) groups is 1. The van der Waals surface area contributed by atoms with Crippen molar-refractivity contribution in [2.75, 3.05) is 53.1 Å². The normalized spacial score (nSPS) is 23.8. The highest BCUT2D eigenvalue weighted by atomic mass is 16.5. The Labute approximate surface area is 160 Å². The zero-order chi connectivity index (χ0) is 18.6. The number of pyridine rings is 1. The molecular formula is C21H27N3O3. The molecule has 0 N–H and O–H groups in total. The Morgan fingerprint density at radius 3 is 3.15 bits per heavy atom. The largest absolute Gasteiger partial charge is 0.383 e. The van der Waals surface area contributed by atoms with Gasteiger partial charge in [0.05, 0.1) is 25.3 Å². The molecule has 144 valence electrons.